The second kappa shape index (κ2) is 10.8. The number of rotatable bonds is 3. The van der Waals surface area contributed by atoms with Crippen LogP contribution in [0.3, 0.4) is 0 Å². The first-order valence-corrected chi connectivity index (χ1v) is 17.7. The third-order valence-electron chi connectivity index (χ3n) is 10.9. The van der Waals surface area contributed by atoms with Crippen molar-refractivity contribution in [3.05, 3.63) is 155 Å². The number of benzene rings is 5. The summed E-state index contributed by atoms with van der Waals surface area (Å²) < 4.78 is 13.0. The van der Waals surface area contributed by atoms with Crippen molar-refractivity contribution in [3.8, 4) is 0 Å². The zero-order valence-electron chi connectivity index (χ0n) is 27.4. The van der Waals surface area contributed by atoms with E-state index in [1.54, 1.807) is 0 Å². The van der Waals surface area contributed by atoms with Gasteiger partial charge in [-0.3, -0.25) is 4.99 Å². The predicted molar refractivity (Wildman–Crippen MR) is 207 cm³/mol. The Balaban J connectivity index is 1.11. The van der Waals surface area contributed by atoms with Crippen molar-refractivity contribution in [2.45, 2.75) is 31.7 Å². The number of hydrogen-bond donors (Lipinski definition) is 0. The molecule has 11 rings (SSSR count). The fourth-order valence-corrected chi connectivity index (χ4v) is 8.37. The minimum atomic E-state index is -0.0522. The smallest absolute Gasteiger partial charge is 0.156 e. The Bertz CT molecular complexity index is 2830. The molecule has 0 amide bonds. The van der Waals surface area contributed by atoms with Gasteiger partial charge in [-0.15, -0.1) is 0 Å². The molecule has 238 valence electrons. The molecule has 0 spiro atoms. The number of nitrogens with zero attached hydrogens (tertiary/aromatic N) is 2. The molecule has 0 radical (unpaired) electrons. The average molecular weight is 645 g/mol. The van der Waals surface area contributed by atoms with Crippen LogP contribution in [0.1, 0.15) is 47.1 Å². The largest absolute Gasteiger partial charge is 0.456 e. The molecule has 0 saturated carbocycles. The molecule has 2 unspecified atom stereocenters. The van der Waals surface area contributed by atoms with Crippen LogP contribution < -0.4 is 0 Å². The monoisotopic (exact) mass is 644 g/mol. The summed E-state index contributed by atoms with van der Waals surface area (Å²) in [7, 11) is 0. The lowest BCUT2D eigenvalue weighted by Crippen LogP contribution is -2.31. The second-order valence-corrected chi connectivity index (χ2v) is 13.8. The van der Waals surface area contributed by atoms with E-state index >= 15 is 0 Å². The van der Waals surface area contributed by atoms with Crippen molar-refractivity contribution in [1.29, 1.82) is 0 Å². The third-order valence-corrected chi connectivity index (χ3v) is 10.9. The molecular weight excluding hydrogens is 613 g/mol. The Morgan fingerprint density at radius 3 is 2.34 bits per heavy atom. The van der Waals surface area contributed by atoms with E-state index in [0.29, 0.717) is 0 Å². The van der Waals surface area contributed by atoms with Crippen LogP contribution in [-0.2, 0) is 6.42 Å². The maximum absolute atomic E-state index is 6.58. The van der Waals surface area contributed by atoms with Gasteiger partial charge in [-0.2, -0.15) is 0 Å². The first kappa shape index (κ1) is 27.9. The SMILES string of the molecule is C1=CC2N=C(c3cc4c5cc(C6=CCCC=C6)ccc5oc4c4ccccc34)N=C(c3ccc4oc5cc6c(cc5c4c3)C=CCC6)C2C=C1. The molecule has 0 N–H and O–H groups in total. The minimum absolute atomic E-state index is 0.0409. The molecule has 0 saturated heterocycles. The van der Waals surface area contributed by atoms with Gasteiger partial charge in [0.25, 0.3) is 0 Å². The van der Waals surface area contributed by atoms with E-state index in [9.17, 15) is 0 Å². The number of aryl methyl sites for hydroxylation is 1. The standard InChI is InChI=1S/C46H32N2O2/c1-2-10-27(11-3-1)30-18-20-42-37(23-30)38-26-39(32-14-6-7-15-33(32)45(38)50-42)46-47-40-17-9-8-16-34(40)44(48-46)31-19-21-41-35(24-31)36-22-28-12-4-5-13-29(28)25-43(36)49-41/h2,4,6-12,14-26,34,40H,1,3,5,13H2. The van der Waals surface area contributed by atoms with Crippen molar-refractivity contribution < 1.29 is 8.83 Å². The van der Waals surface area contributed by atoms with Gasteiger partial charge in [0.2, 0.25) is 0 Å². The molecule has 3 aliphatic carbocycles. The summed E-state index contributed by atoms with van der Waals surface area (Å²) in [6.07, 6.45) is 24.3. The summed E-state index contributed by atoms with van der Waals surface area (Å²) in [5, 5.41) is 6.61. The van der Waals surface area contributed by atoms with E-state index < -0.39 is 0 Å². The molecule has 2 atom stereocenters. The molecule has 0 fully saturated rings. The highest BCUT2D eigenvalue weighted by molar-refractivity contribution is 6.25. The van der Waals surface area contributed by atoms with Crippen molar-refractivity contribution in [2.24, 2.45) is 15.9 Å². The van der Waals surface area contributed by atoms with Crippen LogP contribution in [0, 0.1) is 5.92 Å². The molecule has 0 bridgehead atoms. The van der Waals surface area contributed by atoms with E-state index in [2.05, 4.69) is 134 Å². The van der Waals surface area contributed by atoms with Crippen LogP contribution in [-0.4, -0.2) is 17.6 Å². The summed E-state index contributed by atoms with van der Waals surface area (Å²) in [4.78, 5) is 10.8. The lowest BCUT2D eigenvalue weighted by atomic mass is 9.85. The van der Waals surface area contributed by atoms with Gasteiger partial charge in [0, 0.05) is 38.4 Å². The second-order valence-electron chi connectivity index (χ2n) is 13.8. The lowest BCUT2D eigenvalue weighted by molar-refractivity contribution is 0.668. The number of allylic oxidation sites excluding steroid dienone is 7. The number of amidine groups is 1. The molecule has 7 aromatic rings. The van der Waals surface area contributed by atoms with Crippen LogP contribution in [0.25, 0.3) is 66.3 Å². The van der Waals surface area contributed by atoms with Gasteiger partial charge < -0.3 is 8.83 Å². The molecule has 4 heteroatoms. The zero-order valence-corrected chi connectivity index (χ0v) is 27.4. The molecule has 3 heterocycles. The van der Waals surface area contributed by atoms with Crippen LogP contribution in [0.4, 0.5) is 0 Å². The highest BCUT2D eigenvalue weighted by Gasteiger charge is 2.31. The third kappa shape index (κ3) is 4.24. The van der Waals surface area contributed by atoms with Gasteiger partial charge in [0.05, 0.1) is 11.8 Å². The van der Waals surface area contributed by atoms with E-state index in [4.69, 9.17) is 18.8 Å². The summed E-state index contributed by atoms with van der Waals surface area (Å²) in [6.45, 7) is 0. The normalized spacial score (nSPS) is 19.7. The highest BCUT2D eigenvalue weighted by Crippen LogP contribution is 2.40. The quantitative estimate of drug-likeness (QED) is 0.192. The maximum Gasteiger partial charge on any atom is 0.156 e. The Morgan fingerprint density at radius 2 is 1.42 bits per heavy atom. The molecule has 5 aromatic carbocycles. The number of fused-ring (bicyclic) bond motifs is 10. The molecule has 4 nitrogen and oxygen atoms in total. The van der Waals surface area contributed by atoms with Gasteiger partial charge in [-0.25, -0.2) is 4.99 Å². The Labute approximate surface area is 288 Å². The molecule has 2 aromatic heterocycles. The van der Waals surface area contributed by atoms with Crippen molar-refractivity contribution >= 4 is 77.8 Å². The molecule has 4 aliphatic rings. The first-order chi connectivity index (χ1) is 24.7. The van der Waals surface area contributed by atoms with E-state index in [0.717, 1.165) is 103 Å². The zero-order chi connectivity index (χ0) is 32.8. The first-order valence-electron chi connectivity index (χ1n) is 17.7. The van der Waals surface area contributed by atoms with Gasteiger partial charge in [-0.05, 0) is 107 Å². The number of hydrogen-bond acceptors (Lipinski definition) is 4. The maximum atomic E-state index is 6.58. The fraction of sp³-hybridized carbons (Fsp3) is 0.130. The van der Waals surface area contributed by atoms with Gasteiger partial charge in [0.15, 0.2) is 5.84 Å². The van der Waals surface area contributed by atoms with Gasteiger partial charge in [0.1, 0.15) is 22.3 Å². The Morgan fingerprint density at radius 1 is 0.620 bits per heavy atom. The predicted octanol–water partition coefficient (Wildman–Crippen LogP) is 11.7. The molecule has 1 aliphatic heterocycles. The fourth-order valence-electron chi connectivity index (χ4n) is 8.37. The van der Waals surface area contributed by atoms with Crippen LogP contribution in [0.15, 0.2) is 146 Å². The van der Waals surface area contributed by atoms with Crippen molar-refractivity contribution in [3.63, 3.8) is 0 Å². The highest BCUT2D eigenvalue weighted by atomic mass is 16.3. The van der Waals surface area contributed by atoms with Crippen LogP contribution >= 0.6 is 0 Å². The van der Waals surface area contributed by atoms with Crippen LogP contribution in [0.5, 0.6) is 0 Å². The Hall–Kier alpha value is -6.00. The van der Waals surface area contributed by atoms with E-state index in [1.165, 1.54) is 22.3 Å². The summed E-state index contributed by atoms with van der Waals surface area (Å²) in [5.74, 6) is 0.790. The molecule has 50 heavy (non-hydrogen) atoms. The lowest BCUT2D eigenvalue weighted by Gasteiger charge is -2.28. The van der Waals surface area contributed by atoms with Crippen LogP contribution in [0.2, 0.25) is 0 Å². The average Bonchev–Trinajstić information content (AvgIpc) is 3.73. The molecular formula is C46H32N2O2. The summed E-state index contributed by atoms with van der Waals surface area (Å²) >= 11 is 0. The Kier molecular flexibility index (Phi) is 6.00. The van der Waals surface area contributed by atoms with E-state index in [1.807, 2.05) is 0 Å². The summed E-state index contributed by atoms with van der Waals surface area (Å²) in [5.41, 5.74) is 11.9. The van der Waals surface area contributed by atoms with Gasteiger partial charge in [-0.1, -0.05) is 85.0 Å². The van der Waals surface area contributed by atoms with Gasteiger partial charge >= 0.3 is 0 Å². The number of furan rings is 2. The topological polar surface area (TPSA) is 51.0 Å². The number of aliphatic imine (C=N–C) groups is 2. The van der Waals surface area contributed by atoms with E-state index in [-0.39, 0.29) is 12.0 Å². The summed E-state index contributed by atoms with van der Waals surface area (Å²) in [6, 6.07) is 28.3. The van der Waals surface area contributed by atoms with Crippen molar-refractivity contribution in [1.82, 2.24) is 0 Å². The minimum Gasteiger partial charge on any atom is -0.456 e. The van der Waals surface area contributed by atoms with Crippen molar-refractivity contribution in [2.75, 3.05) is 0 Å².